The molecule has 5 nitrogen and oxygen atoms in total. The minimum Gasteiger partial charge on any atom is -0.481 e. The summed E-state index contributed by atoms with van der Waals surface area (Å²) < 4.78 is 11.1. The third-order valence-corrected chi connectivity index (χ3v) is 4.69. The van der Waals surface area contributed by atoms with Crippen molar-refractivity contribution in [3.63, 3.8) is 0 Å². The average Bonchev–Trinajstić information content (AvgIpc) is 2.74. The largest absolute Gasteiger partial charge is 0.481 e. The second-order valence-corrected chi connectivity index (χ2v) is 8.12. The van der Waals surface area contributed by atoms with Gasteiger partial charge in [0.15, 0.2) is 12.4 Å². The number of hydrogen-bond donors (Lipinski definition) is 1. The fraction of sp³-hybridized carbons (Fsp3) is 0.308. The molecule has 0 aliphatic heterocycles. The first-order chi connectivity index (χ1) is 14.6. The molecule has 0 aromatic heterocycles. The molecule has 0 spiro atoms. The topological polar surface area (TPSA) is 72.8 Å². The van der Waals surface area contributed by atoms with Crippen LogP contribution in [-0.4, -0.2) is 23.5 Å². The Balaban J connectivity index is 2.26. The van der Waals surface area contributed by atoms with Crippen molar-refractivity contribution in [1.82, 2.24) is 0 Å². The zero-order valence-electron chi connectivity index (χ0n) is 18.8. The smallest absolute Gasteiger partial charge is 0.341 e. The summed E-state index contributed by atoms with van der Waals surface area (Å²) in [5.74, 6) is 0.00942. The summed E-state index contributed by atoms with van der Waals surface area (Å²) in [5.41, 5.74) is 2.44. The number of aliphatic carboxylic acids is 1. The SMILES string of the molecule is CC=C(CC)Oc1ccc(C(=O)C=Cc2ccc(C(C)(C)C)cc2)c(OCC(=O)O)c1. The van der Waals surface area contributed by atoms with E-state index in [2.05, 4.69) is 20.8 Å². The number of carbonyl (C=O) groups excluding carboxylic acids is 1. The van der Waals surface area contributed by atoms with Crippen molar-refractivity contribution in [2.75, 3.05) is 6.61 Å². The molecule has 0 radical (unpaired) electrons. The lowest BCUT2D eigenvalue weighted by molar-refractivity contribution is -0.139. The molecule has 2 rings (SSSR count). The first-order valence-electron chi connectivity index (χ1n) is 10.3. The number of benzene rings is 2. The number of carbonyl (C=O) groups is 2. The predicted molar refractivity (Wildman–Crippen MR) is 123 cm³/mol. The zero-order chi connectivity index (χ0) is 23.0. The average molecular weight is 423 g/mol. The molecular formula is C26H30O5. The second kappa shape index (κ2) is 10.6. The highest BCUT2D eigenvalue weighted by atomic mass is 16.5. The molecule has 0 bridgehead atoms. The molecule has 0 saturated carbocycles. The van der Waals surface area contributed by atoms with Gasteiger partial charge >= 0.3 is 5.97 Å². The molecule has 0 atom stereocenters. The Morgan fingerprint density at radius 1 is 1.06 bits per heavy atom. The minimum atomic E-state index is -1.12. The number of rotatable bonds is 9. The summed E-state index contributed by atoms with van der Waals surface area (Å²) >= 11 is 0. The van der Waals surface area contributed by atoms with Gasteiger partial charge in [-0.25, -0.2) is 4.79 Å². The molecule has 1 N–H and O–H groups in total. The van der Waals surface area contributed by atoms with Crippen LogP contribution in [0.15, 0.2) is 60.4 Å². The van der Waals surface area contributed by atoms with Crippen LogP contribution < -0.4 is 9.47 Å². The third kappa shape index (κ3) is 7.14. The van der Waals surface area contributed by atoms with Crippen molar-refractivity contribution in [3.05, 3.63) is 77.1 Å². The van der Waals surface area contributed by atoms with Gasteiger partial charge in [-0.15, -0.1) is 0 Å². The summed E-state index contributed by atoms with van der Waals surface area (Å²) in [6, 6.07) is 12.8. The van der Waals surface area contributed by atoms with Crippen LogP contribution in [0.4, 0.5) is 0 Å². The maximum absolute atomic E-state index is 12.8. The fourth-order valence-corrected chi connectivity index (χ4v) is 2.87. The summed E-state index contributed by atoms with van der Waals surface area (Å²) in [5, 5.41) is 8.96. The van der Waals surface area contributed by atoms with Crippen LogP contribution in [0.25, 0.3) is 6.08 Å². The van der Waals surface area contributed by atoms with Gasteiger partial charge in [0.1, 0.15) is 11.5 Å². The van der Waals surface area contributed by atoms with Gasteiger partial charge in [0.05, 0.1) is 11.3 Å². The van der Waals surface area contributed by atoms with Crippen molar-refractivity contribution in [3.8, 4) is 11.5 Å². The van der Waals surface area contributed by atoms with Crippen molar-refractivity contribution in [1.29, 1.82) is 0 Å². The summed E-state index contributed by atoms with van der Waals surface area (Å²) in [6.07, 6.45) is 5.75. The highest BCUT2D eigenvalue weighted by Gasteiger charge is 2.15. The van der Waals surface area contributed by atoms with Crippen LogP contribution in [0.3, 0.4) is 0 Å². The second-order valence-electron chi connectivity index (χ2n) is 8.12. The van der Waals surface area contributed by atoms with Crippen molar-refractivity contribution in [2.45, 2.75) is 46.5 Å². The molecule has 2 aromatic rings. The molecule has 5 heteroatoms. The first kappa shape index (κ1) is 23.9. The molecule has 2 aromatic carbocycles. The van der Waals surface area contributed by atoms with E-state index in [1.807, 2.05) is 44.2 Å². The van der Waals surface area contributed by atoms with Gasteiger partial charge in [0, 0.05) is 12.5 Å². The van der Waals surface area contributed by atoms with Crippen LogP contribution in [0.5, 0.6) is 11.5 Å². The van der Waals surface area contributed by atoms with Crippen molar-refractivity contribution in [2.24, 2.45) is 0 Å². The molecule has 31 heavy (non-hydrogen) atoms. The lowest BCUT2D eigenvalue weighted by atomic mass is 9.87. The van der Waals surface area contributed by atoms with E-state index in [0.29, 0.717) is 12.2 Å². The van der Waals surface area contributed by atoms with E-state index in [1.165, 1.54) is 11.6 Å². The Labute approximate surface area is 184 Å². The molecule has 0 fully saturated rings. The highest BCUT2D eigenvalue weighted by molar-refractivity contribution is 6.08. The number of ketones is 1. The monoisotopic (exact) mass is 422 g/mol. The van der Waals surface area contributed by atoms with Gasteiger partial charge in [-0.3, -0.25) is 4.79 Å². The van der Waals surface area contributed by atoms with Crippen molar-refractivity contribution < 1.29 is 24.2 Å². The molecule has 0 unspecified atom stereocenters. The van der Waals surface area contributed by atoms with Crippen LogP contribution in [0.2, 0.25) is 0 Å². The first-order valence-corrected chi connectivity index (χ1v) is 10.3. The predicted octanol–water partition coefficient (Wildman–Crippen LogP) is 6.04. The standard InChI is InChI=1S/C26H30O5/c1-6-20(7-2)31-21-13-14-22(24(16-21)30-17-25(28)29)23(27)15-10-18-8-11-19(12-9-18)26(3,4)5/h6,8-16H,7,17H2,1-5H3,(H,28,29). The number of ether oxygens (including phenoxy) is 2. The number of carboxylic acid groups (broad SMARTS) is 1. The minimum absolute atomic E-state index is 0.0584. The Bertz CT molecular complexity index is 976. The number of carboxylic acids is 1. The summed E-state index contributed by atoms with van der Waals surface area (Å²) in [6.45, 7) is 9.73. The number of allylic oxidation sites excluding steroid dienone is 3. The van der Waals surface area contributed by atoms with E-state index in [4.69, 9.17) is 14.6 Å². The molecule has 164 valence electrons. The summed E-state index contributed by atoms with van der Waals surface area (Å²) in [4.78, 5) is 23.7. The zero-order valence-corrected chi connectivity index (χ0v) is 18.8. The van der Waals surface area contributed by atoms with E-state index >= 15 is 0 Å². The normalized spacial score (nSPS) is 12.1. The quantitative estimate of drug-likeness (QED) is 0.303. The highest BCUT2D eigenvalue weighted by Crippen LogP contribution is 2.28. The van der Waals surface area contributed by atoms with E-state index < -0.39 is 12.6 Å². The van der Waals surface area contributed by atoms with Gasteiger partial charge in [0.2, 0.25) is 0 Å². The Kier molecular flexibility index (Phi) is 8.20. The maximum Gasteiger partial charge on any atom is 0.341 e. The molecular weight excluding hydrogens is 392 g/mol. The van der Waals surface area contributed by atoms with E-state index in [1.54, 1.807) is 24.3 Å². The Morgan fingerprint density at radius 2 is 1.74 bits per heavy atom. The molecule has 0 aliphatic carbocycles. The van der Waals surface area contributed by atoms with Crippen LogP contribution in [0.1, 0.15) is 62.5 Å². The Morgan fingerprint density at radius 3 is 2.29 bits per heavy atom. The van der Waals surface area contributed by atoms with E-state index in [-0.39, 0.29) is 22.5 Å². The van der Waals surface area contributed by atoms with E-state index in [9.17, 15) is 9.59 Å². The van der Waals surface area contributed by atoms with Gasteiger partial charge in [0.25, 0.3) is 0 Å². The van der Waals surface area contributed by atoms with Gasteiger partial charge in [-0.1, -0.05) is 58.0 Å². The molecule has 0 amide bonds. The lowest BCUT2D eigenvalue weighted by Crippen LogP contribution is -2.12. The lowest BCUT2D eigenvalue weighted by Gasteiger charge is -2.18. The van der Waals surface area contributed by atoms with Gasteiger partial charge in [-0.05, 0) is 47.8 Å². The van der Waals surface area contributed by atoms with Crippen LogP contribution >= 0.6 is 0 Å². The maximum atomic E-state index is 12.8. The Hall–Kier alpha value is -3.34. The van der Waals surface area contributed by atoms with Crippen LogP contribution in [0, 0.1) is 0 Å². The third-order valence-electron chi connectivity index (χ3n) is 4.69. The summed E-state index contributed by atoms with van der Waals surface area (Å²) in [7, 11) is 0. The van der Waals surface area contributed by atoms with Crippen LogP contribution in [-0.2, 0) is 10.2 Å². The molecule has 0 heterocycles. The molecule has 0 aliphatic rings. The van der Waals surface area contributed by atoms with Crippen molar-refractivity contribution >= 4 is 17.8 Å². The fourth-order valence-electron chi connectivity index (χ4n) is 2.87. The van der Waals surface area contributed by atoms with E-state index in [0.717, 1.165) is 11.3 Å². The molecule has 0 saturated heterocycles. The number of hydrogen-bond acceptors (Lipinski definition) is 4. The van der Waals surface area contributed by atoms with Gasteiger partial charge in [-0.2, -0.15) is 0 Å². The van der Waals surface area contributed by atoms with Gasteiger partial charge < -0.3 is 14.6 Å².